The van der Waals surface area contributed by atoms with Crippen molar-refractivity contribution >= 4 is 33.2 Å². The molecule has 0 bridgehead atoms. The monoisotopic (exact) mass is 285 g/mol. The molecule has 3 nitrogen and oxygen atoms in total. The van der Waals surface area contributed by atoms with Crippen molar-refractivity contribution in [2.75, 3.05) is 5.32 Å². The molecule has 0 amide bonds. The zero-order valence-electron chi connectivity index (χ0n) is 7.80. The van der Waals surface area contributed by atoms with Crippen molar-refractivity contribution < 1.29 is 0 Å². The molecule has 78 valence electrons. The van der Waals surface area contributed by atoms with Crippen LogP contribution in [0.3, 0.4) is 0 Å². The number of rotatable bonds is 3. The molecule has 2 heterocycles. The Morgan fingerprint density at radius 3 is 3.07 bits per heavy atom. The van der Waals surface area contributed by atoms with Gasteiger partial charge in [-0.05, 0) is 34.1 Å². The lowest BCUT2D eigenvalue weighted by Gasteiger charge is -2.05. The van der Waals surface area contributed by atoms with E-state index in [1.165, 1.54) is 0 Å². The van der Waals surface area contributed by atoms with Gasteiger partial charge in [-0.1, -0.05) is 11.6 Å². The maximum atomic E-state index is 5.79. The number of nitrogens with one attached hydrogen (secondary N) is 2. The van der Waals surface area contributed by atoms with Gasteiger partial charge in [0.15, 0.2) is 0 Å². The molecule has 2 aromatic rings. The molecule has 2 rings (SSSR count). The van der Waals surface area contributed by atoms with Crippen molar-refractivity contribution in [3.8, 4) is 0 Å². The highest BCUT2D eigenvalue weighted by atomic mass is 79.9. The minimum absolute atomic E-state index is 0.473. The third-order valence-electron chi connectivity index (χ3n) is 1.94. The topological polar surface area (TPSA) is 40.7 Å². The van der Waals surface area contributed by atoms with Gasteiger partial charge in [0.2, 0.25) is 0 Å². The first-order valence-electron chi connectivity index (χ1n) is 4.43. The number of H-pyrrole nitrogens is 1. The number of anilines is 1. The van der Waals surface area contributed by atoms with E-state index >= 15 is 0 Å². The van der Waals surface area contributed by atoms with Crippen LogP contribution in [-0.4, -0.2) is 9.97 Å². The number of aromatic amines is 1. The second-order valence-electron chi connectivity index (χ2n) is 3.05. The summed E-state index contributed by atoms with van der Waals surface area (Å²) in [6.07, 6.45) is 3.60. The highest BCUT2D eigenvalue weighted by Crippen LogP contribution is 2.22. The lowest BCUT2D eigenvalue weighted by Crippen LogP contribution is -1.99. The number of pyridine rings is 1. The van der Waals surface area contributed by atoms with Gasteiger partial charge in [0, 0.05) is 11.9 Å². The Morgan fingerprint density at radius 2 is 2.40 bits per heavy atom. The summed E-state index contributed by atoms with van der Waals surface area (Å²) in [5.74, 6) is 0. The van der Waals surface area contributed by atoms with Crippen LogP contribution in [-0.2, 0) is 6.54 Å². The van der Waals surface area contributed by atoms with E-state index in [2.05, 4.69) is 31.2 Å². The highest BCUT2D eigenvalue weighted by molar-refractivity contribution is 9.10. The third kappa shape index (κ3) is 2.73. The molecule has 0 fully saturated rings. The van der Waals surface area contributed by atoms with Gasteiger partial charge in [0.25, 0.3) is 0 Å². The zero-order chi connectivity index (χ0) is 10.7. The summed E-state index contributed by atoms with van der Waals surface area (Å²) in [6.45, 7) is 0.739. The molecule has 0 aliphatic heterocycles. The van der Waals surface area contributed by atoms with Gasteiger partial charge in [-0.3, -0.25) is 0 Å². The van der Waals surface area contributed by atoms with Gasteiger partial charge in [-0.15, -0.1) is 0 Å². The Bertz CT molecular complexity index is 442. The molecule has 0 spiro atoms. The second-order valence-corrected chi connectivity index (χ2v) is 4.26. The summed E-state index contributed by atoms with van der Waals surface area (Å²) in [6, 6.07) is 5.89. The molecule has 0 atom stereocenters. The van der Waals surface area contributed by atoms with Crippen molar-refractivity contribution in [3.05, 3.63) is 45.9 Å². The first-order valence-corrected chi connectivity index (χ1v) is 5.60. The van der Waals surface area contributed by atoms with Crippen molar-refractivity contribution in [1.82, 2.24) is 9.97 Å². The van der Waals surface area contributed by atoms with Crippen LogP contribution < -0.4 is 5.32 Å². The molecule has 0 aromatic carbocycles. The molecule has 0 saturated heterocycles. The minimum Gasteiger partial charge on any atom is -0.378 e. The van der Waals surface area contributed by atoms with Crippen LogP contribution in [0.2, 0.25) is 5.15 Å². The van der Waals surface area contributed by atoms with E-state index in [1.54, 1.807) is 6.20 Å². The Morgan fingerprint density at radius 1 is 1.53 bits per heavy atom. The van der Waals surface area contributed by atoms with E-state index in [1.807, 2.05) is 24.4 Å². The average Bonchev–Trinajstić information content (AvgIpc) is 2.73. The Kier molecular flexibility index (Phi) is 3.28. The van der Waals surface area contributed by atoms with E-state index in [0.717, 1.165) is 22.4 Å². The number of aromatic nitrogens is 2. The smallest absolute Gasteiger partial charge is 0.143 e. The second kappa shape index (κ2) is 4.68. The van der Waals surface area contributed by atoms with Crippen molar-refractivity contribution in [2.45, 2.75) is 6.54 Å². The SMILES string of the molecule is Clc1ncc(NCc2ccc[nH]2)cc1Br. The lowest BCUT2D eigenvalue weighted by atomic mass is 10.4. The molecular formula is C10H9BrClN3. The van der Waals surface area contributed by atoms with Crippen molar-refractivity contribution in [2.24, 2.45) is 0 Å². The van der Waals surface area contributed by atoms with Gasteiger partial charge >= 0.3 is 0 Å². The highest BCUT2D eigenvalue weighted by Gasteiger charge is 2.00. The van der Waals surface area contributed by atoms with Gasteiger partial charge in [0.05, 0.1) is 22.9 Å². The van der Waals surface area contributed by atoms with Crippen LogP contribution in [0.15, 0.2) is 35.1 Å². The number of nitrogens with zero attached hydrogens (tertiary/aromatic N) is 1. The van der Waals surface area contributed by atoms with Crippen LogP contribution in [0, 0.1) is 0 Å². The minimum atomic E-state index is 0.473. The van der Waals surface area contributed by atoms with E-state index in [9.17, 15) is 0 Å². The van der Waals surface area contributed by atoms with Gasteiger partial charge < -0.3 is 10.3 Å². The van der Waals surface area contributed by atoms with E-state index in [-0.39, 0.29) is 0 Å². The van der Waals surface area contributed by atoms with Crippen molar-refractivity contribution in [1.29, 1.82) is 0 Å². The van der Waals surface area contributed by atoms with Crippen molar-refractivity contribution in [3.63, 3.8) is 0 Å². The van der Waals surface area contributed by atoms with E-state index < -0.39 is 0 Å². The predicted molar refractivity (Wildman–Crippen MR) is 65.1 cm³/mol. The fraction of sp³-hybridized carbons (Fsp3) is 0.100. The largest absolute Gasteiger partial charge is 0.378 e. The number of hydrogen-bond donors (Lipinski definition) is 2. The van der Waals surface area contributed by atoms with Crippen LogP contribution in [0.4, 0.5) is 5.69 Å². The van der Waals surface area contributed by atoms with E-state index in [4.69, 9.17) is 11.6 Å². The number of halogens is 2. The molecule has 2 N–H and O–H groups in total. The Hall–Kier alpha value is -1.00. The summed E-state index contributed by atoms with van der Waals surface area (Å²) in [4.78, 5) is 7.14. The van der Waals surface area contributed by atoms with Crippen LogP contribution in [0.5, 0.6) is 0 Å². The molecule has 5 heteroatoms. The Balaban J connectivity index is 2.02. The molecule has 0 unspecified atom stereocenters. The quantitative estimate of drug-likeness (QED) is 0.849. The summed E-state index contributed by atoms with van der Waals surface area (Å²) in [5, 5.41) is 3.71. The first-order chi connectivity index (χ1) is 7.25. The fourth-order valence-corrected chi connectivity index (χ4v) is 1.65. The summed E-state index contributed by atoms with van der Waals surface area (Å²) in [7, 11) is 0. The summed E-state index contributed by atoms with van der Waals surface area (Å²) in [5.41, 5.74) is 2.06. The summed E-state index contributed by atoms with van der Waals surface area (Å²) < 4.78 is 0.792. The molecule has 15 heavy (non-hydrogen) atoms. The molecule has 0 aliphatic rings. The maximum absolute atomic E-state index is 5.79. The average molecular weight is 287 g/mol. The molecule has 2 aromatic heterocycles. The van der Waals surface area contributed by atoms with Gasteiger partial charge in [-0.25, -0.2) is 4.98 Å². The molecular weight excluding hydrogens is 277 g/mol. The molecule has 0 aliphatic carbocycles. The van der Waals surface area contributed by atoms with Crippen LogP contribution in [0.25, 0.3) is 0 Å². The Labute approximate surface area is 101 Å². The predicted octanol–water partition coefficient (Wildman–Crippen LogP) is 3.44. The standard InChI is InChI=1S/C10H9BrClN3/c11-9-4-8(6-15-10(9)12)14-5-7-2-1-3-13-7/h1-4,6,13-14H,5H2. The summed E-state index contributed by atoms with van der Waals surface area (Å²) >= 11 is 9.11. The van der Waals surface area contributed by atoms with E-state index in [0.29, 0.717) is 5.15 Å². The molecule has 0 radical (unpaired) electrons. The zero-order valence-corrected chi connectivity index (χ0v) is 10.1. The lowest BCUT2D eigenvalue weighted by molar-refractivity contribution is 1.07. The maximum Gasteiger partial charge on any atom is 0.143 e. The first kappa shape index (κ1) is 10.5. The third-order valence-corrected chi connectivity index (χ3v) is 3.08. The normalized spacial score (nSPS) is 10.3. The molecule has 0 saturated carbocycles. The van der Waals surface area contributed by atoms with Crippen LogP contribution >= 0.6 is 27.5 Å². The van der Waals surface area contributed by atoms with Gasteiger partial charge in [0.1, 0.15) is 5.15 Å². The number of hydrogen-bond acceptors (Lipinski definition) is 2. The van der Waals surface area contributed by atoms with Gasteiger partial charge in [-0.2, -0.15) is 0 Å². The fourth-order valence-electron chi connectivity index (χ4n) is 1.19. The van der Waals surface area contributed by atoms with Crippen LogP contribution in [0.1, 0.15) is 5.69 Å².